The Hall–Kier alpha value is -0.000000000000000111. The minimum atomic E-state index is 0.264. The normalized spacial score (nSPS) is 10.2. The van der Waals surface area contributed by atoms with Crippen molar-refractivity contribution in [2.75, 3.05) is 23.9 Å². The third-order valence-corrected chi connectivity index (χ3v) is 2.99. The second-order valence-corrected chi connectivity index (χ2v) is 4.79. The third kappa shape index (κ3) is 4.02. The molecular weight excluding hydrogens is 286 g/mol. The smallest absolute Gasteiger partial charge is 0.224 e. The van der Waals surface area contributed by atoms with Gasteiger partial charge >= 0.3 is 0 Å². The topological polar surface area (TPSA) is 37.8 Å². The molecule has 14 heavy (non-hydrogen) atoms. The number of halogens is 2. The van der Waals surface area contributed by atoms with E-state index in [1.54, 1.807) is 6.20 Å². The van der Waals surface area contributed by atoms with Crippen molar-refractivity contribution in [2.45, 2.75) is 6.42 Å². The number of anilines is 1. The maximum atomic E-state index is 5.67. The number of nitrogens with zero attached hydrogens (tertiary/aromatic N) is 2. The van der Waals surface area contributed by atoms with Crippen molar-refractivity contribution in [3.8, 4) is 0 Å². The first-order valence-corrected chi connectivity index (χ1v) is 6.71. The molecule has 6 heteroatoms. The molecule has 0 bridgehead atoms. The SMILES string of the molecule is CSCCCNc1nc(Cl)ncc1Br. The van der Waals surface area contributed by atoms with Crippen LogP contribution in [0.2, 0.25) is 5.28 Å². The molecule has 0 amide bonds. The van der Waals surface area contributed by atoms with E-state index in [9.17, 15) is 0 Å². The molecule has 1 aromatic rings. The molecule has 0 fully saturated rings. The third-order valence-electron chi connectivity index (χ3n) is 1.53. The highest BCUT2D eigenvalue weighted by atomic mass is 79.9. The highest BCUT2D eigenvalue weighted by Gasteiger charge is 2.02. The van der Waals surface area contributed by atoms with E-state index in [2.05, 4.69) is 37.5 Å². The van der Waals surface area contributed by atoms with Crippen LogP contribution in [-0.2, 0) is 0 Å². The largest absolute Gasteiger partial charge is 0.369 e. The molecule has 3 nitrogen and oxygen atoms in total. The average Bonchev–Trinajstić information content (AvgIpc) is 2.18. The van der Waals surface area contributed by atoms with Gasteiger partial charge < -0.3 is 5.32 Å². The summed E-state index contributed by atoms with van der Waals surface area (Å²) in [6.45, 7) is 0.896. The van der Waals surface area contributed by atoms with Crippen LogP contribution in [0.1, 0.15) is 6.42 Å². The molecule has 0 aliphatic rings. The van der Waals surface area contributed by atoms with Crippen molar-refractivity contribution in [1.29, 1.82) is 0 Å². The fraction of sp³-hybridized carbons (Fsp3) is 0.500. The number of hydrogen-bond acceptors (Lipinski definition) is 4. The monoisotopic (exact) mass is 295 g/mol. The molecule has 0 aliphatic heterocycles. The first kappa shape index (κ1) is 12.1. The van der Waals surface area contributed by atoms with Gasteiger partial charge in [-0.25, -0.2) is 4.98 Å². The van der Waals surface area contributed by atoms with E-state index in [4.69, 9.17) is 11.6 Å². The van der Waals surface area contributed by atoms with Gasteiger partial charge in [-0.3, -0.25) is 0 Å². The molecule has 0 radical (unpaired) electrons. The predicted molar refractivity (Wildman–Crippen MR) is 66.2 cm³/mol. The lowest BCUT2D eigenvalue weighted by Gasteiger charge is -2.06. The summed E-state index contributed by atoms with van der Waals surface area (Å²) in [6, 6.07) is 0. The highest BCUT2D eigenvalue weighted by Crippen LogP contribution is 2.19. The van der Waals surface area contributed by atoms with E-state index in [-0.39, 0.29) is 5.28 Å². The first-order valence-electron chi connectivity index (χ1n) is 4.15. The van der Waals surface area contributed by atoms with E-state index in [1.807, 2.05) is 11.8 Å². The number of aromatic nitrogens is 2. The fourth-order valence-electron chi connectivity index (χ4n) is 0.893. The van der Waals surface area contributed by atoms with Crippen LogP contribution < -0.4 is 5.32 Å². The highest BCUT2D eigenvalue weighted by molar-refractivity contribution is 9.10. The summed E-state index contributed by atoms with van der Waals surface area (Å²) < 4.78 is 0.839. The Bertz CT molecular complexity index is 298. The van der Waals surface area contributed by atoms with Crippen molar-refractivity contribution in [3.63, 3.8) is 0 Å². The van der Waals surface area contributed by atoms with Gasteiger partial charge in [-0.2, -0.15) is 16.7 Å². The zero-order chi connectivity index (χ0) is 10.4. The summed E-state index contributed by atoms with van der Waals surface area (Å²) in [5.74, 6) is 1.90. The lowest BCUT2D eigenvalue weighted by Crippen LogP contribution is -2.05. The molecule has 0 saturated heterocycles. The Morgan fingerprint density at radius 2 is 2.43 bits per heavy atom. The Morgan fingerprint density at radius 3 is 3.14 bits per heavy atom. The number of thioether (sulfide) groups is 1. The molecule has 0 spiro atoms. The van der Waals surface area contributed by atoms with Crippen molar-refractivity contribution < 1.29 is 0 Å². The van der Waals surface area contributed by atoms with Gasteiger partial charge in [0.25, 0.3) is 0 Å². The fourth-order valence-corrected chi connectivity index (χ4v) is 1.79. The average molecular weight is 297 g/mol. The minimum Gasteiger partial charge on any atom is -0.369 e. The van der Waals surface area contributed by atoms with Crippen molar-refractivity contribution in [2.24, 2.45) is 0 Å². The molecule has 1 heterocycles. The van der Waals surface area contributed by atoms with E-state index in [0.717, 1.165) is 29.0 Å². The van der Waals surface area contributed by atoms with Crippen LogP contribution in [0.25, 0.3) is 0 Å². The van der Waals surface area contributed by atoms with Crippen LogP contribution in [0.5, 0.6) is 0 Å². The zero-order valence-electron chi connectivity index (χ0n) is 7.76. The van der Waals surface area contributed by atoms with Gasteiger partial charge in [-0.15, -0.1) is 0 Å². The van der Waals surface area contributed by atoms with Gasteiger partial charge in [0.15, 0.2) is 0 Å². The van der Waals surface area contributed by atoms with Crippen LogP contribution in [0.15, 0.2) is 10.7 Å². The Morgan fingerprint density at radius 1 is 1.64 bits per heavy atom. The van der Waals surface area contributed by atoms with Gasteiger partial charge in [0.2, 0.25) is 5.28 Å². The summed E-state index contributed by atoms with van der Waals surface area (Å²) in [5, 5.41) is 3.46. The predicted octanol–water partition coefficient (Wildman–Crippen LogP) is 3.06. The van der Waals surface area contributed by atoms with Gasteiger partial charge in [0.05, 0.1) is 4.47 Å². The van der Waals surface area contributed by atoms with E-state index >= 15 is 0 Å². The molecule has 0 aromatic carbocycles. The molecule has 0 unspecified atom stereocenters. The van der Waals surface area contributed by atoms with Crippen molar-refractivity contribution >= 4 is 45.1 Å². The molecule has 1 N–H and O–H groups in total. The van der Waals surface area contributed by atoms with E-state index in [1.165, 1.54) is 0 Å². The van der Waals surface area contributed by atoms with Crippen LogP contribution in [0, 0.1) is 0 Å². The quantitative estimate of drug-likeness (QED) is 0.669. The Kier molecular flexibility index (Phi) is 5.59. The summed E-state index contributed by atoms with van der Waals surface area (Å²) >= 11 is 10.9. The maximum Gasteiger partial charge on any atom is 0.224 e. The van der Waals surface area contributed by atoms with Crippen molar-refractivity contribution in [3.05, 3.63) is 16.0 Å². The second kappa shape index (κ2) is 6.48. The van der Waals surface area contributed by atoms with Gasteiger partial charge in [-0.05, 0) is 46.0 Å². The van der Waals surface area contributed by atoms with E-state index < -0.39 is 0 Å². The number of nitrogens with one attached hydrogen (secondary N) is 1. The van der Waals surface area contributed by atoms with Gasteiger partial charge in [0.1, 0.15) is 5.82 Å². The van der Waals surface area contributed by atoms with Crippen LogP contribution in [0.4, 0.5) is 5.82 Å². The summed E-state index contributed by atoms with van der Waals surface area (Å²) in [7, 11) is 0. The minimum absolute atomic E-state index is 0.264. The maximum absolute atomic E-state index is 5.67. The molecule has 0 saturated carbocycles. The number of hydrogen-bond donors (Lipinski definition) is 1. The lowest BCUT2D eigenvalue weighted by molar-refractivity contribution is 0.973. The standard InChI is InChI=1S/C8H11BrClN3S/c1-14-4-2-3-11-7-6(9)5-12-8(10)13-7/h5H,2-4H2,1H3,(H,11,12,13). The lowest BCUT2D eigenvalue weighted by atomic mass is 10.4. The molecular formula is C8H11BrClN3S. The summed E-state index contributed by atoms with van der Waals surface area (Å²) in [6.07, 6.45) is 4.85. The Labute approximate surface area is 101 Å². The van der Waals surface area contributed by atoms with Crippen LogP contribution in [-0.4, -0.2) is 28.5 Å². The summed E-state index contributed by atoms with van der Waals surface area (Å²) in [5.41, 5.74) is 0. The van der Waals surface area contributed by atoms with Gasteiger partial charge in [0, 0.05) is 12.7 Å². The van der Waals surface area contributed by atoms with Crippen molar-refractivity contribution in [1.82, 2.24) is 9.97 Å². The molecule has 0 atom stereocenters. The Balaban J connectivity index is 2.45. The van der Waals surface area contributed by atoms with E-state index in [0.29, 0.717) is 0 Å². The first-order chi connectivity index (χ1) is 6.74. The number of rotatable bonds is 5. The second-order valence-electron chi connectivity index (χ2n) is 2.61. The molecule has 78 valence electrons. The van der Waals surface area contributed by atoms with Gasteiger partial charge in [-0.1, -0.05) is 0 Å². The molecule has 1 rings (SSSR count). The summed E-state index contributed by atoms with van der Waals surface area (Å²) in [4.78, 5) is 7.91. The van der Waals surface area contributed by atoms with Crippen LogP contribution in [0.3, 0.4) is 0 Å². The zero-order valence-corrected chi connectivity index (χ0v) is 10.9. The molecule has 1 aromatic heterocycles. The van der Waals surface area contributed by atoms with Crippen LogP contribution >= 0.6 is 39.3 Å². The molecule has 0 aliphatic carbocycles.